The Bertz CT molecular complexity index is 872. The molecule has 1 aromatic carbocycles. The van der Waals surface area contributed by atoms with Crippen molar-refractivity contribution in [3.05, 3.63) is 46.4 Å². The van der Waals surface area contributed by atoms with Crippen molar-refractivity contribution in [1.29, 1.82) is 0 Å². The van der Waals surface area contributed by atoms with Crippen LogP contribution in [-0.4, -0.2) is 56.1 Å². The summed E-state index contributed by atoms with van der Waals surface area (Å²) in [6.45, 7) is 14.8. The number of benzene rings is 1. The lowest BCUT2D eigenvalue weighted by Gasteiger charge is -2.43. The topological polar surface area (TPSA) is 57.1 Å². The lowest BCUT2D eigenvalue weighted by molar-refractivity contribution is -0.124. The van der Waals surface area contributed by atoms with E-state index < -0.39 is 17.8 Å². The summed E-state index contributed by atoms with van der Waals surface area (Å²) >= 11 is 5.73. The highest BCUT2D eigenvalue weighted by atomic mass is 35.5. The van der Waals surface area contributed by atoms with Gasteiger partial charge in [-0.15, -0.1) is 11.6 Å². The number of carbonyl (C=O) groups excluding carboxylic acids is 1. The van der Waals surface area contributed by atoms with E-state index in [2.05, 4.69) is 22.0 Å². The third-order valence-electron chi connectivity index (χ3n) is 5.35. The number of halogens is 5. The lowest BCUT2D eigenvalue weighted by Crippen LogP contribution is -2.55. The minimum atomic E-state index is -2.86. The van der Waals surface area contributed by atoms with Gasteiger partial charge in [-0.1, -0.05) is 52.8 Å². The van der Waals surface area contributed by atoms with Gasteiger partial charge in [-0.2, -0.15) is 0 Å². The smallest absolute Gasteiger partial charge is 0.266 e. The first-order valence-electron chi connectivity index (χ1n) is 12.0. The molecule has 1 aliphatic heterocycles. The molecule has 0 aliphatic carbocycles. The van der Waals surface area contributed by atoms with E-state index in [0.29, 0.717) is 25.2 Å². The number of hydrogen-bond acceptors (Lipinski definition) is 4. The Labute approximate surface area is 217 Å². The summed E-state index contributed by atoms with van der Waals surface area (Å²) in [5.41, 5.74) is 0.869. The zero-order chi connectivity index (χ0) is 27.7. The number of aliphatic imine (C=N–C) groups is 2. The van der Waals surface area contributed by atoms with Gasteiger partial charge in [-0.05, 0) is 19.6 Å². The van der Waals surface area contributed by atoms with Crippen molar-refractivity contribution in [3.8, 4) is 0 Å². The number of hydrogen-bond donors (Lipinski definition) is 1. The van der Waals surface area contributed by atoms with Crippen LogP contribution in [-0.2, 0) is 11.3 Å². The van der Waals surface area contributed by atoms with Crippen molar-refractivity contribution < 1.29 is 22.4 Å². The Kier molecular flexibility index (Phi) is 16.9. The van der Waals surface area contributed by atoms with Crippen molar-refractivity contribution in [1.82, 2.24) is 10.2 Å². The quantitative estimate of drug-likeness (QED) is 0.0855. The molecule has 204 valence electrons. The summed E-state index contributed by atoms with van der Waals surface area (Å²) in [5, 5.41) is 2.91. The fourth-order valence-corrected chi connectivity index (χ4v) is 3.76. The van der Waals surface area contributed by atoms with Gasteiger partial charge in [0.1, 0.15) is 24.6 Å². The van der Waals surface area contributed by atoms with Crippen molar-refractivity contribution in [3.63, 3.8) is 0 Å². The largest absolute Gasteiger partial charge is 0.357 e. The van der Waals surface area contributed by atoms with Crippen LogP contribution in [0.4, 0.5) is 17.6 Å². The molecule has 10 heteroatoms. The molecule has 5 nitrogen and oxygen atoms in total. The Hall–Kier alpha value is -2.26. The molecule has 1 fully saturated rings. The summed E-state index contributed by atoms with van der Waals surface area (Å²) in [4.78, 5) is 20.6. The van der Waals surface area contributed by atoms with Gasteiger partial charge >= 0.3 is 0 Å². The molecule has 0 radical (unpaired) electrons. The summed E-state index contributed by atoms with van der Waals surface area (Å²) in [6.07, 6.45) is -0.617. The number of aldehydes is 1. The van der Waals surface area contributed by atoms with Crippen LogP contribution in [0.15, 0.2) is 39.5 Å². The molecule has 36 heavy (non-hydrogen) atoms. The maximum atomic E-state index is 14.1. The monoisotopic (exact) mass is 534 g/mol. The van der Waals surface area contributed by atoms with Crippen molar-refractivity contribution in [2.45, 2.75) is 60.4 Å². The minimum absolute atomic E-state index is 0.0801. The van der Waals surface area contributed by atoms with Crippen LogP contribution in [0.2, 0.25) is 0 Å². The number of rotatable bonds is 11. The molecule has 1 saturated heterocycles. The van der Waals surface area contributed by atoms with E-state index in [1.807, 2.05) is 39.5 Å². The van der Waals surface area contributed by atoms with E-state index in [1.165, 1.54) is 12.1 Å². The highest BCUT2D eigenvalue weighted by Crippen LogP contribution is 2.26. The Morgan fingerprint density at radius 3 is 2.36 bits per heavy atom. The third kappa shape index (κ3) is 10.4. The van der Waals surface area contributed by atoms with E-state index in [1.54, 1.807) is 0 Å². The Balaban J connectivity index is 0.000000845. The average Bonchev–Trinajstić information content (AvgIpc) is 2.86. The first kappa shape index (κ1) is 33.7. The molecule has 0 spiro atoms. The molecule has 0 saturated carbocycles. The number of nitrogens with one attached hydrogen (secondary N) is 1. The summed E-state index contributed by atoms with van der Waals surface area (Å²) in [5.74, 6) is -0.459. The Morgan fingerprint density at radius 2 is 1.92 bits per heavy atom. The van der Waals surface area contributed by atoms with Crippen LogP contribution in [0.5, 0.6) is 0 Å². The van der Waals surface area contributed by atoms with E-state index in [0.717, 1.165) is 36.7 Å². The van der Waals surface area contributed by atoms with E-state index in [-0.39, 0.29) is 30.2 Å². The number of alkyl halides is 4. The molecule has 0 amide bonds. The van der Waals surface area contributed by atoms with E-state index in [9.17, 15) is 22.4 Å². The fraction of sp³-hybridized carbons (Fsp3) is 0.577. The molecule has 1 aromatic rings. The van der Waals surface area contributed by atoms with Gasteiger partial charge in [-0.3, -0.25) is 14.9 Å². The van der Waals surface area contributed by atoms with Crippen molar-refractivity contribution in [2.75, 3.05) is 32.3 Å². The van der Waals surface area contributed by atoms with Gasteiger partial charge in [0.15, 0.2) is 0 Å². The van der Waals surface area contributed by atoms with E-state index in [4.69, 9.17) is 11.6 Å². The second-order valence-corrected chi connectivity index (χ2v) is 8.33. The molecular formula is C26H39ClF4N4O. The molecular weight excluding hydrogens is 496 g/mol. The van der Waals surface area contributed by atoms with Crippen LogP contribution < -0.4 is 5.32 Å². The lowest BCUT2D eigenvalue weighted by atomic mass is 9.84. The molecule has 1 heterocycles. The van der Waals surface area contributed by atoms with Crippen LogP contribution in [0.3, 0.4) is 0 Å². The number of likely N-dealkylation sites (tertiary alicyclic amines) is 1. The fourth-order valence-electron chi connectivity index (χ4n) is 3.63. The SMILES string of the molecule is C=N/C(CC)=C(/CC)C(=NCc1cccc(C(F)F)c1F)NCCl.CC.CC1(C=O)CN(CCF)C1. The number of allylic oxidation sites excluding steroid dienone is 1. The van der Waals surface area contributed by atoms with Crippen molar-refractivity contribution in [2.24, 2.45) is 15.4 Å². The van der Waals surface area contributed by atoms with Gasteiger partial charge in [0.05, 0.1) is 18.1 Å². The van der Waals surface area contributed by atoms with Gasteiger partial charge in [0, 0.05) is 41.9 Å². The zero-order valence-corrected chi connectivity index (χ0v) is 22.6. The third-order valence-corrected chi connectivity index (χ3v) is 5.49. The number of nitrogens with zero attached hydrogens (tertiary/aromatic N) is 3. The second-order valence-electron chi connectivity index (χ2n) is 8.06. The molecule has 0 bridgehead atoms. The maximum Gasteiger partial charge on any atom is 0.266 e. The Morgan fingerprint density at radius 1 is 1.28 bits per heavy atom. The molecule has 0 atom stereocenters. The average molecular weight is 535 g/mol. The number of amidine groups is 1. The number of carbonyl (C=O) groups is 1. The summed E-state index contributed by atoms with van der Waals surface area (Å²) in [7, 11) is 0. The summed E-state index contributed by atoms with van der Waals surface area (Å²) in [6, 6.07) is 4.00. The molecule has 1 N–H and O–H groups in total. The predicted molar refractivity (Wildman–Crippen MR) is 141 cm³/mol. The molecule has 2 rings (SSSR count). The highest BCUT2D eigenvalue weighted by Gasteiger charge is 2.37. The van der Waals surface area contributed by atoms with E-state index >= 15 is 0 Å². The first-order chi connectivity index (χ1) is 17.2. The highest BCUT2D eigenvalue weighted by molar-refractivity contribution is 6.19. The minimum Gasteiger partial charge on any atom is -0.357 e. The molecule has 1 aliphatic rings. The van der Waals surface area contributed by atoms with Gasteiger partial charge < -0.3 is 10.1 Å². The van der Waals surface area contributed by atoms with Gasteiger partial charge in [0.25, 0.3) is 6.43 Å². The van der Waals surface area contributed by atoms with Crippen LogP contribution >= 0.6 is 11.6 Å². The standard InChI is InChI=1S/C17H21ClF3N3.C7H12FNO.C2H6/c1-4-12(14(5-2)22-3)17(24-10-18)23-9-11-7-6-8-13(15(11)19)16(20)21;1-7(6-10)4-9(5-7)3-2-8;1-2/h6-8,16H,3-5,9-10H2,1-2H3,(H,23,24);6H,2-5H2,1H3;1-2H3/b14-12-;;. The van der Waals surface area contributed by atoms with Crippen LogP contribution in [0, 0.1) is 11.2 Å². The normalized spacial score (nSPS) is 15.5. The van der Waals surface area contributed by atoms with Crippen LogP contribution in [0.25, 0.3) is 0 Å². The maximum absolute atomic E-state index is 14.1. The van der Waals surface area contributed by atoms with Gasteiger partial charge in [0.2, 0.25) is 0 Å². The molecule has 0 aromatic heterocycles. The first-order valence-corrected chi connectivity index (χ1v) is 12.6. The summed E-state index contributed by atoms with van der Waals surface area (Å²) < 4.78 is 51.3. The predicted octanol–water partition coefficient (Wildman–Crippen LogP) is 6.73. The molecule has 0 unspecified atom stereocenters. The van der Waals surface area contributed by atoms with Crippen molar-refractivity contribution >= 4 is 30.4 Å². The zero-order valence-electron chi connectivity index (χ0n) is 21.9. The second kappa shape index (κ2) is 18.1. The van der Waals surface area contributed by atoms with Crippen LogP contribution in [0.1, 0.15) is 65.0 Å². The van der Waals surface area contributed by atoms with Gasteiger partial charge in [-0.25, -0.2) is 17.6 Å².